The van der Waals surface area contributed by atoms with Gasteiger partial charge in [0.2, 0.25) is 0 Å². The minimum atomic E-state index is 0.218. The molecule has 1 aromatic heterocycles. The van der Waals surface area contributed by atoms with Gasteiger partial charge in [-0.2, -0.15) is 0 Å². The van der Waals surface area contributed by atoms with Crippen LogP contribution in [-0.2, 0) is 4.74 Å². The molecule has 0 saturated carbocycles. The van der Waals surface area contributed by atoms with Crippen molar-refractivity contribution in [3.8, 4) is 0 Å². The SMILES string of the molecule is COC(C)C(C)NCC(c1ccco1)N1CCCC1. The molecule has 0 amide bonds. The van der Waals surface area contributed by atoms with Gasteiger partial charge in [-0.15, -0.1) is 0 Å². The Labute approximate surface area is 116 Å². The molecule has 2 heterocycles. The van der Waals surface area contributed by atoms with Crippen LogP contribution in [0.25, 0.3) is 0 Å². The van der Waals surface area contributed by atoms with E-state index < -0.39 is 0 Å². The molecule has 0 aliphatic carbocycles. The van der Waals surface area contributed by atoms with E-state index in [9.17, 15) is 0 Å². The first-order valence-electron chi connectivity index (χ1n) is 7.26. The van der Waals surface area contributed by atoms with Crippen LogP contribution in [0.5, 0.6) is 0 Å². The maximum absolute atomic E-state index is 5.61. The molecule has 0 spiro atoms. The van der Waals surface area contributed by atoms with Gasteiger partial charge in [-0.1, -0.05) is 0 Å². The van der Waals surface area contributed by atoms with Crippen LogP contribution in [0.3, 0.4) is 0 Å². The molecule has 1 aliphatic rings. The van der Waals surface area contributed by atoms with Crippen LogP contribution in [-0.4, -0.2) is 43.8 Å². The summed E-state index contributed by atoms with van der Waals surface area (Å²) in [5.74, 6) is 1.06. The fraction of sp³-hybridized carbons (Fsp3) is 0.733. The number of nitrogens with zero attached hydrogens (tertiary/aromatic N) is 1. The van der Waals surface area contributed by atoms with Gasteiger partial charge in [0.25, 0.3) is 0 Å². The molecular weight excluding hydrogens is 240 g/mol. The second kappa shape index (κ2) is 7.08. The molecule has 3 atom stereocenters. The lowest BCUT2D eigenvalue weighted by Crippen LogP contribution is -2.42. The quantitative estimate of drug-likeness (QED) is 0.822. The molecule has 0 radical (unpaired) electrons. The molecule has 0 bridgehead atoms. The number of rotatable bonds is 7. The summed E-state index contributed by atoms with van der Waals surface area (Å²) >= 11 is 0. The molecule has 19 heavy (non-hydrogen) atoms. The van der Waals surface area contributed by atoms with Crippen molar-refractivity contribution in [2.75, 3.05) is 26.7 Å². The minimum Gasteiger partial charge on any atom is -0.468 e. The lowest BCUT2D eigenvalue weighted by atomic mass is 10.1. The average molecular weight is 266 g/mol. The zero-order valence-corrected chi connectivity index (χ0v) is 12.3. The van der Waals surface area contributed by atoms with E-state index in [-0.39, 0.29) is 6.10 Å². The number of ether oxygens (including phenoxy) is 1. The highest BCUT2D eigenvalue weighted by atomic mass is 16.5. The third kappa shape index (κ3) is 3.81. The van der Waals surface area contributed by atoms with Gasteiger partial charge in [0.15, 0.2) is 0 Å². The van der Waals surface area contributed by atoms with Crippen LogP contribution >= 0.6 is 0 Å². The molecule has 1 aliphatic heterocycles. The van der Waals surface area contributed by atoms with E-state index in [0.717, 1.165) is 12.3 Å². The smallest absolute Gasteiger partial charge is 0.122 e. The molecule has 4 nitrogen and oxygen atoms in total. The first kappa shape index (κ1) is 14.6. The maximum atomic E-state index is 5.61. The zero-order chi connectivity index (χ0) is 13.7. The maximum Gasteiger partial charge on any atom is 0.122 e. The monoisotopic (exact) mass is 266 g/mol. The normalized spacial score (nSPS) is 21.4. The summed E-state index contributed by atoms with van der Waals surface area (Å²) in [7, 11) is 1.76. The summed E-state index contributed by atoms with van der Waals surface area (Å²) in [5, 5.41) is 3.57. The Morgan fingerprint density at radius 2 is 2.11 bits per heavy atom. The highest BCUT2D eigenvalue weighted by molar-refractivity contribution is 5.06. The molecule has 1 aromatic rings. The van der Waals surface area contributed by atoms with Crippen molar-refractivity contribution in [2.24, 2.45) is 0 Å². The van der Waals surface area contributed by atoms with E-state index in [1.54, 1.807) is 13.4 Å². The molecule has 1 saturated heterocycles. The predicted octanol–water partition coefficient (Wildman–Crippen LogP) is 2.43. The third-order valence-corrected chi connectivity index (χ3v) is 4.16. The fourth-order valence-electron chi connectivity index (χ4n) is 2.61. The van der Waals surface area contributed by atoms with Crippen molar-refractivity contribution in [2.45, 2.75) is 44.9 Å². The summed E-state index contributed by atoms with van der Waals surface area (Å²) in [6.45, 7) is 7.50. The first-order valence-corrected chi connectivity index (χ1v) is 7.26. The summed E-state index contributed by atoms with van der Waals surface area (Å²) in [6.07, 6.45) is 4.57. The van der Waals surface area contributed by atoms with Crippen molar-refractivity contribution in [1.82, 2.24) is 10.2 Å². The highest BCUT2D eigenvalue weighted by Crippen LogP contribution is 2.25. The molecule has 4 heteroatoms. The Bertz CT molecular complexity index is 347. The highest BCUT2D eigenvalue weighted by Gasteiger charge is 2.26. The number of hydrogen-bond donors (Lipinski definition) is 1. The second-order valence-electron chi connectivity index (χ2n) is 5.41. The van der Waals surface area contributed by atoms with Crippen molar-refractivity contribution >= 4 is 0 Å². The topological polar surface area (TPSA) is 37.6 Å². The summed E-state index contributed by atoms with van der Waals surface area (Å²) in [4.78, 5) is 2.51. The first-order chi connectivity index (χ1) is 9.22. The van der Waals surface area contributed by atoms with Gasteiger partial charge in [-0.3, -0.25) is 4.90 Å². The van der Waals surface area contributed by atoms with Gasteiger partial charge >= 0.3 is 0 Å². The summed E-state index contributed by atoms with van der Waals surface area (Å²) in [6, 6.07) is 4.73. The van der Waals surface area contributed by atoms with Crippen molar-refractivity contribution in [3.63, 3.8) is 0 Å². The van der Waals surface area contributed by atoms with Gasteiger partial charge < -0.3 is 14.5 Å². The number of furan rings is 1. The van der Waals surface area contributed by atoms with Crippen LogP contribution in [0, 0.1) is 0 Å². The van der Waals surface area contributed by atoms with Crippen LogP contribution < -0.4 is 5.32 Å². The second-order valence-corrected chi connectivity index (χ2v) is 5.41. The molecule has 1 N–H and O–H groups in total. The van der Waals surface area contributed by atoms with E-state index in [0.29, 0.717) is 12.1 Å². The average Bonchev–Trinajstić information content (AvgIpc) is 3.11. The van der Waals surface area contributed by atoms with E-state index in [2.05, 4.69) is 30.1 Å². The number of hydrogen-bond acceptors (Lipinski definition) is 4. The summed E-state index contributed by atoms with van der Waals surface area (Å²) in [5.41, 5.74) is 0. The van der Waals surface area contributed by atoms with Gasteiger partial charge in [0.05, 0.1) is 18.4 Å². The van der Waals surface area contributed by atoms with E-state index >= 15 is 0 Å². The van der Waals surface area contributed by atoms with E-state index in [1.807, 2.05) is 6.07 Å². The zero-order valence-electron chi connectivity index (χ0n) is 12.3. The van der Waals surface area contributed by atoms with E-state index in [1.165, 1.54) is 25.9 Å². The Kier molecular flexibility index (Phi) is 5.43. The molecule has 108 valence electrons. The molecule has 0 aromatic carbocycles. The van der Waals surface area contributed by atoms with Gasteiger partial charge in [-0.05, 0) is 51.9 Å². The van der Waals surface area contributed by atoms with Crippen LogP contribution in [0.15, 0.2) is 22.8 Å². The Morgan fingerprint density at radius 3 is 2.68 bits per heavy atom. The van der Waals surface area contributed by atoms with Crippen LogP contribution in [0.2, 0.25) is 0 Å². The molecule has 2 rings (SSSR count). The standard InChI is InChI=1S/C15H26N2O2/c1-12(13(2)18-3)16-11-14(15-7-6-10-19-15)17-8-4-5-9-17/h6-7,10,12-14,16H,4-5,8-9,11H2,1-3H3. The lowest BCUT2D eigenvalue weighted by molar-refractivity contribution is 0.0840. The number of likely N-dealkylation sites (tertiary alicyclic amines) is 1. The number of nitrogens with one attached hydrogen (secondary N) is 1. The lowest BCUT2D eigenvalue weighted by Gasteiger charge is -2.28. The molecular formula is C15H26N2O2. The van der Waals surface area contributed by atoms with Crippen molar-refractivity contribution in [3.05, 3.63) is 24.2 Å². The van der Waals surface area contributed by atoms with Crippen molar-refractivity contribution < 1.29 is 9.15 Å². The Morgan fingerprint density at radius 1 is 1.37 bits per heavy atom. The van der Waals surface area contributed by atoms with E-state index in [4.69, 9.17) is 9.15 Å². The Balaban J connectivity index is 1.94. The minimum absolute atomic E-state index is 0.218. The Hall–Kier alpha value is -0.840. The summed E-state index contributed by atoms with van der Waals surface area (Å²) < 4.78 is 11.0. The van der Waals surface area contributed by atoms with Crippen LogP contribution in [0.4, 0.5) is 0 Å². The van der Waals surface area contributed by atoms with Gasteiger partial charge in [-0.25, -0.2) is 0 Å². The van der Waals surface area contributed by atoms with Crippen LogP contribution in [0.1, 0.15) is 38.5 Å². The van der Waals surface area contributed by atoms with Gasteiger partial charge in [0.1, 0.15) is 5.76 Å². The molecule has 1 fully saturated rings. The van der Waals surface area contributed by atoms with Gasteiger partial charge in [0, 0.05) is 19.7 Å². The fourth-order valence-corrected chi connectivity index (χ4v) is 2.61. The van der Waals surface area contributed by atoms with Crippen molar-refractivity contribution in [1.29, 1.82) is 0 Å². The third-order valence-electron chi connectivity index (χ3n) is 4.16. The largest absolute Gasteiger partial charge is 0.468 e. The number of methoxy groups -OCH3 is 1. The predicted molar refractivity (Wildman–Crippen MR) is 76.2 cm³/mol. The molecule has 3 unspecified atom stereocenters.